The van der Waals surface area contributed by atoms with Crippen LogP contribution in [0.2, 0.25) is 0 Å². The Morgan fingerprint density at radius 2 is 0.760 bits per heavy atom. The summed E-state index contributed by atoms with van der Waals surface area (Å²) in [7, 11) is 0. The molecule has 0 aliphatic heterocycles. The van der Waals surface area contributed by atoms with Crippen molar-refractivity contribution in [1.29, 1.82) is 0 Å². The van der Waals surface area contributed by atoms with Gasteiger partial charge < -0.3 is 25.5 Å². The number of rotatable bonds is 1. The monoisotopic (exact) mass is 337 g/mol. The fourth-order valence-electron chi connectivity index (χ4n) is 3.14. The van der Waals surface area contributed by atoms with Gasteiger partial charge in [0.2, 0.25) is 0 Å². The van der Waals surface area contributed by atoms with Crippen LogP contribution in [0, 0.1) is 4.91 Å². The SMILES string of the molecule is O=Nc1cc2c3cc(O)c(O)cc3c3cc(O)c(O)cc3c2cc1O. The molecule has 0 saturated heterocycles. The molecule has 7 nitrogen and oxygen atoms in total. The average Bonchev–Trinajstić information content (AvgIpc) is 2.58. The summed E-state index contributed by atoms with van der Waals surface area (Å²) < 4.78 is 0. The molecule has 0 saturated carbocycles. The first kappa shape index (κ1) is 14.8. The van der Waals surface area contributed by atoms with Gasteiger partial charge in [-0.15, -0.1) is 4.91 Å². The molecule has 0 radical (unpaired) electrons. The van der Waals surface area contributed by atoms with Gasteiger partial charge in [-0.3, -0.25) is 0 Å². The zero-order chi connectivity index (χ0) is 17.9. The van der Waals surface area contributed by atoms with Crippen molar-refractivity contribution in [3.8, 4) is 28.7 Å². The van der Waals surface area contributed by atoms with Crippen LogP contribution in [0.3, 0.4) is 0 Å². The van der Waals surface area contributed by atoms with Crippen LogP contribution in [0.1, 0.15) is 0 Å². The van der Waals surface area contributed by atoms with Crippen LogP contribution in [0.4, 0.5) is 5.69 Å². The highest BCUT2D eigenvalue weighted by Crippen LogP contribution is 2.45. The van der Waals surface area contributed by atoms with Crippen LogP contribution < -0.4 is 0 Å². The Morgan fingerprint density at radius 3 is 1.08 bits per heavy atom. The van der Waals surface area contributed by atoms with Crippen LogP contribution in [0.15, 0.2) is 41.6 Å². The van der Waals surface area contributed by atoms with E-state index < -0.39 is 0 Å². The van der Waals surface area contributed by atoms with Gasteiger partial charge in [-0.1, -0.05) is 0 Å². The van der Waals surface area contributed by atoms with E-state index >= 15 is 0 Å². The highest BCUT2D eigenvalue weighted by Gasteiger charge is 2.16. The molecule has 0 fully saturated rings. The molecular formula is C18H11NO6. The van der Waals surface area contributed by atoms with E-state index in [0.717, 1.165) is 0 Å². The standard InChI is InChI=1S/C18H11NO6/c20-14-2-8-7(1-13(14)19-25)9-3-15(21)17(23)5-11(9)12-6-18(24)16(22)4-10(8)12/h1-6,20-24H. The van der Waals surface area contributed by atoms with Crippen molar-refractivity contribution in [3.63, 3.8) is 0 Å². The van der Waals surface area contributed by atoms with Crippen LogP contribution in [-0.2, 0) is 0 Å². The van der Waals surface area contributed by atoms with E-state index in [1.54, 1.807) is 0 Å². The van der Waals surface area contributed by atoms with Crippen molar-refractivity contribution in [2.75, 3.05) is 0 Å². The highest BCUT2D eigenvalue weighted by atomic mass is 16.3. The minimum Gasteiger partial charge on any atom is -0.506 e. The fraction of sp³-hybridized carbons (Fsp3) is 0. The number of phenols is 5. The molecule has 5 N–H and O–H groups in total. The number of benzene rings is 4. The van der Waals surface area contributed by atoms with Gasteiger partial charge in [0.1, 0.15) is 11.4 Å². The highest BCUT2D eigenvalue weighted by molar-refractivity contribution is 6.27. The summed E-state index contributed by atoms with van der Waals surface area (Å²) in [6, 6.07) is 7.98. The third kappa shape index (κ3) is 1.99. The minimum absolute atomic E-state index is 0.177. The molecule has 4 rings (SSSR count). The lowest BCUT2D eigenvalue weighted by Gasteiger charge is -2.13. The molecule has 0 aliphatic rings. The summed E-state index contributed by atoms with van der Waals surface area (Å²) >= 11 is 0. The van der Waals surface area contributed by atoms with Crippen molar-refractivity contribution >= 4 is 38.0 Å². The maximum Gasteiger partial charge on any atom is 0.158 e. The van der Waals surface area contributed by atoms with Crippen molar-refractivity contribution in [3.05, 3.63) is 41.3 Å². The number of hydrogen-bond donors (Lipinski definition) is 5. The van der Waals surface area contributed by atoms with Gasteiger partial charge in [0.15, 0.2) is 23.0 Å². The predicted molar refractivity (Wildman–Crippen MR) is 92.7 cm³/mol. The second-order valence-corrected chi connectivity index (χ2v) is 5.75. The molecule has 0 atom stereocenters. The van der Waals surface area contributed by atoms with Gasteiger partial charge >= 0.3 is 0 Å². The molecular weight excluding hydrogens is 326 g/mol. The minimum atomic E-state index is -0.357. The maximum atomic E-state index is 10.9. The molecule has 124 valence electrons. The Morgan fingerprint density at radius 1 is 0.480 bits per heavy atom. The molecule has 7 heteroatoms. The molecule has 0 aliphatic carbocycles. The Bertz CT molecular complexity index is 1180. The lowest BCUT2D eigenvalue weighted by Crippen LogP contribution is -1.85. The Kier molecular flexibility index (Phi) is 2.89. The van der Waals surface area contributed by atoms with Crippen LogP contribution in [-0.4, -0.2) is 25.5 Å². The lowest BCUT2D eigenvalue weighted by molar-refractivity contribution is 0.404. The van der Waals surface area contributed by atoms with E-state index in [2.05, 4.69) is 5.18 Å². The number of fused-ring (bicyclic) bond motifs is 6. The predicted octanol–water partition coefficient (Wildman–Crippen LogP) is 4.07. The normalized spacial score (nSPS) is 11.4. The van der Waals surface area contributed by atoms with Crippen LogP contribution >= 0.6 is 0 Å². The Hall–Kier alpha value is -3.74. The molecule has 0 heterocycles. The quantitative estimate of drug-likeness (QED) is 0.202. The molecule has 0 aromatic heterocycles. The first-order valence-corrected chi connectivity index (χ1v) is 7.24. The first-order valence-electron chi connectivity index (χ1n) is 7.24. The third-order valence-corrected chi connectivity index (χ3v) is 4.31. The van der Waals surface area contributed by atoms with Crippen molar-refractivity contribution in [2.45, 2.75) is 0 Å². The second-order valence-electron chi connectivity index (χ2n) is 5.75. The van der Waals surface area contributed by atoms with E-state index in [0.29, 0.717) is 32.3 Å². The van der Waals surface area contributed by atoms with E-state index in [9.17, 15) is 30.4 Å². The summed E-state index contributed by atoms with van der Waals surface area (Å²) in [5.74, 6) is -1.75. The zero-order valence-corrected chi connectivity index (χ0v) is 12.6. The van der Waals surface area contributed by atoms with Gasteiger partial charge in [0.25, 0.3) is 0 Å². The summed E-state index contributed by atoms with van der Waals surface area (Å²) in [5.41, 5.74) is -0.177. The van der Waals surface area contributed by atoms with E-state index in [-0.39, 0.29) is 34.4 Å². The van der Waals surface area contributed by atoms with Gasteiger partial charge in [-0.25, -0.2) is 0 Å². The van der Waals surface area contributed by atoms with Crippen molar-refractivity contribution in [1.82, 2.24) is 0 Å². The topological polar surface area (TPSA) is 131 Å². The molecule has 0 spiro atoms. The number of phenolic OH excluding ortho intramolecular Hbond substituents is 5. The number of nitroso groups, excluding NO2 is 1. The summed E-state index contributed by atoms with van der Waals surface area (Å²) in [6.07, 6.45) is 0. The summed E-state index contributed by atoms with van der Waals surface area (Å²) in [6.45, 7) is 0. The maximum absolute atomic E-state index is 10.9. The largest absolute Gasteiger partial charge is 0.506 e. The third-order valence-electron chi connectivity index (χ3n) is 4.31. The van der Waals surface area contributed by atoms with Gasteiger partial charge in [-0.2, -0.15) is 0 Å². The number of nitrogens with zero attached hydrogens (tertiary/aromatic N) is 1. The first-order chi connectivity index (χ1) is 11.9. The average molecular weight is 337 g/mol. The van der Waals surface area contributed by atoms with Crippen molar-refractivity contribution < 1.29 is 25.5 Å². The molecule has 25 heavy (non-hydrogen) atoms. The molecule has 0 unspecified atom stereocenters. The smallest absolute Gasteiger partial charge is 0.158 e. The van der Waals surface area contributed by atoms with Crippen molar-refractivity contribution in [2.24, 2.45) is 5.18 Å². The van der Waals surface area contributed by atoms with Crippen LogP contribution in [0.5, 0.6) is 28.7 Å². The van der Waals surface area contributed by atoms with E-state index in [1.165, 1.54) is 36.4 Å². The molecule has 4 aromatic rings. The number of aromatic hydroxyl groups is 5. The number of hydrogen-bond acceptors (Lipinski definition) is 7. The van der Waals surface area contributed by atoms with E-state index in [4.69, 9.17) is 0 Å². The second kappa shape index (κ2) is 4.88. The summed E-state index contributed by atoms with van der Waals surface area (Å²) in [4.78, 5) is 10.9. The van der Waals surface area contributed by atoms with E-state index in [1.807, 2.05) is 0 Å². The zero-order valence-electron chi connectivity index (χ0n) is 12.6. The summed E-state index contributed by atoms with van der Waals surface area (Å²) in [5, 5.41) is 55.0. The molecule has 0 bridgehead atoms. The fourth-order valence-corrected chi connectivity index (χ4v) is 3.14. The van der Waals surface area contributed by atoms with Gasteiger partial charge in [0.05, 0.1) is 0 Å². The molecule has 0 amide bonds. The molecule has 4 aromatic carbocycles. The lowest BCUT2D eigenvalue weighted by atomic mass is 9.93. The Labute approximate surface area is 139 Å². The van der Waals surface area contributed by atoms with Crippen LogP contribution in [0.25, 0.3) is 32.3 Å². The van der Waals surface area contributed by atoms with Gasteiger partial charge in [-0.05, 0) is 73.9 Å². The Balaban J connectivity index is 2.38. The van der Waals surface area contributed by atoms with Gasteiger partial charge in [0, 0.05) is 0 Å².